The van der Waals surface area contributed by atoms with Crippen LogP contribution >= 0.6 is 12.4 Å². The third-order valence-electron chi connectivity index (χ3n) is 4.01. The van der Waals surface area contributed by atoms with Crippen molar-refractivity contribution in [2.45, 2.75) is 18.9 Å². The Bertz CT molecular complexity index is 561. The van der Waals surface area contributed by atoms with E-state index in [1.54, 1.807) is 4.90 Å². The Morgan fingerprint density at radius 2 is 2.22 bits per heavy atom. The Hall–Kier alpha value is -1.63. The molecule has 2 aliphatic heterocycles. The molecule has 1 unspecified atom stereocenters. The van der Waals surface area contributed by atoms with Gasteiger partial charge in [-0.3, -0.25) is 9.59 Å². The van der Waals surface area contributed by atoms with Crippen LogP contribution in [-0.4, -0.2) is 50.7 Å². The number of fused-ring (bicyclic) bond motifs is 1. The molecule has 0 bridgehead atoms. The van der Waals surface area contributed by atoms with Gasteiger partial charge in [0.25, 0.3) is 0 Å². The molecule has 0 saturated carbocycles. The van der Waals surface area contributed by atoms with Gasteiger partial charge < -0.3 is 20.3 Å². The van der Waals surface area contributed by atoms with Crippen molar-refractivity contribution >= 4 is 29.9 Å². The number of rotatable bonds is 5. The molecule has 1 saturated heterocycles. The van der Waals surface area contributed by atoms with Crippen LogP contribution in [0.3, 0.4) is 0 Å². The number of morpholine rings is 1. The first-order valence-corrected chi connectivity index (χ1v) is 7.70. The first-order valence-electron chi connectivity index (χ1n) is 7.70. The zero-order chi connectivity index (χ0) is 15.4. The van der Waals surface area contributed by atoms with Crippen molar-refractivity contribution in [2.75, 3.05) is 37.7 Å². The molecule has 126 valence electrons. The summed E-state index contributed by atoms with van der Waals surface area (Å²) in [6, 6.07) is 7.88. The maximum atomic E-state index is 12.0. The van der Waals surface area contributed by atoms with Gasteiger partial charge in [-0.2, -0.15) is 0 Å². The van der Waals surface area contributed by atoms with Crippen LogP contribution in [0.1, 0.15) is 12.0 Å². The summed E-state index contributed by atoms with van der Waals surface area (Å²) in [7, 11) is 0. The standard InChI is InChI=1S/C16H21N3O3.ClH/c20-15(10-13-11-22-8-6-17-13)18-5-7-19-14-4-2-1-3-12(14)9-16(19)21;/h1-4,13,17H,5-11H2,(H,18,20);1H. The van der Waals surface area contributed by atoms with Gasteiger partial charge in [-0.25, -0.2) is 0 Å². The number of carbonyl (C=O) groups is 2. The van der Waals surface area contributed by atoms with Gasteiger partial charge in [-0.05, 0) is 11.6 Å². The van der Waals surface area contributed by atoms with Crippen LogP contribution in [0.5, 0.6) is 0 Å². The maximum absolute atomic E-state index is 12.0. The van der Waals surface area contributed by atoms with Gasteiger partial charge in [0, 0.05) is 37.8 Å². The Kier molecular flexibility index (Phi) is 6.38. The number of halogens is 1. The fraction of sp³-hybridized carbons (Fsp3) is 0.500. The second-order valence-corrected chi connectivity index (χ2v) is 5.63. The number of benzene rings is 1. The van der Waals surface area contributed by atoms with Crippen molar-refractivity contribution in [2.24, 2.45) is 0 Å². The van der Waals surface area contributed by atoms with Crippen molar-refractivity contribution < 1.29 is 14.3 Å². The quantitative estimate of drug-likeness (QED) is 0.819. The maximum Gasteiger partial charge on any atom is 0.231 e. The van der Waals surface area contributed by atoms with Crippen LogP contribution < -0.4 is 15.5 Å². The molecule has 2 N–H and O–H groups in total. The molecule has 7 heteroatoms. The Labute approximate surface area is 142 Å². The first-order chi connectivity index (χ1) is 10.7. The van der Waals surface area contributed by atoms with Crippen LogP contribution in [0.25, 0.3) is 0 Å². The van der Waals surface area contributed by atoms with Gasteiger partial charge in [0.05, 0.1) is 19.6 Å². The Morgan fingerprint density at radius 3 is 3.00 bits per heavy atom. The van der Waals surface area contributed by atoms with Gasteiger partial charge in [0.1, 0.15) is 0 Å². The minimum atomic E-state index is -0.0112. The average Bonchev–Trinajstić information content (AvgIpc) is 2.84. The summed E-state index contributed by atoms with van der Waals surface area (Å²) in [5, 5.41) is 6.13. The van der Waals surface area contributed by atoms with E-state index in [1.165, 1.54) is 0 Å². The number of ether oxygens (including phenoxy) is 1. The summed E-state index contributed by atoms with van der Waals surface area (Å²) >= 11 is 0. The van der Waals surface area contributed by atoms with E-state index in [2.05, 4.69) is 10.6 Å². The van der Waals surface area contributed by atoms with Gasteiger partial charge in [0.2, 0.25) is 11.8 Å². The SMILES string of the molecule is Cl.O=C(CC1COCCN1)NCCN1C(=O)Cc2ccccc21. The first kappa shape index (κ1) is 17.7. The fourth-order valence-corrected chi connectivity index (χ4v) is 2.92. The van der Waals surface area contributed by atoms with E-state index in [0.717, 1.165) is 17.8 Å². The molecule has 1 fully saturated rings. The topological polar surface area (TPSA) is 70.7 Å². The predicted molar refractivity (Wildman–Crippen MR) is 90.0 cm³/mol. The normalized spacial score (nSPS) is 19.9. The van der Waals surface area contributed by atoms with Crippen LogP contribution in [0.2, 0.25) is 0 Å². The summed E-state index contributed by atoms with van der Waals surface area (Å²) in [5.41, 5.74) is 2.02. The third kappa shape index (κ3) is 4.43. The van der Waals surface area contributed by atoms with Crippen LogP contribution in [0.15, 0.2) is 24.3 Å². The minimum absolute atomic E-state index is 0. The second-order valence-electron chi connectivity index (χ2n) is 5.63. The lowest BCUT2D eigenvalue weighted by molar-refractivity contribution is -0.122. The van der Waals surface area contributed by atoms with E-state index in [1.807, 2.05) is 24.3 Å². The van der Waals surface area contributed by atoms with Gasteiger partial charge >= 0.3 is 0 Å². The predicted octanol–water partition coefficient (Wildman–Crippen LogP) is 0.492. The fourth-order valence-electron chi connectivity index (χ4n) is 2.92. The van der Waals surface area contributed by atoms with Gasteiger partial charge in [-0.1, -0.05) is 18.2 Å². The second kappa shape index (κ2) is 8.29. The number of nitrogens with one attached hydrogen (secondary N) is 2. The van der Waals surface area contributed by atoms with Crippen LogP contribution in [0, 0.1) is 0 Å². The van der Waals surface area contributed by atoms with Crippen LogP contribution in [-0.2, 0) is 20.7 Å². The van der Waals surface area contributed by atoms with Crippen molar-refractivity contribution in [1.82, 2.24) is 10.6 Å². The molecule has 0 aliphatic carbocycles. The molecule has 2 amide bonds. The molecule has 23 heavy (non-hydrogen) atoms. The highest BCUT2D eigenvalue weighted by Gasteiger charge is 2.26. The molecule has 2 aliphatic rings. The number of hydrogen-bond acceptors (Lipinski definition) is 4. The molecule has 6 nitrogen and oxygen atoms in total. The zero-order valence-electron chi connectivity index (χ0n) is 12.9. The van der Waals surface area contributed by atoms with E-state index in [9.17, 15) is 9.59 Å². The molecule has 1 aromatic carbocycles. The molecular weight excluding hydrogens is 318 g/mol. The minimum Gasteiger partial charge on any atom is -0.378 e. The molecule has 0 aromatic heterocycles. The number of nitrogens with zero attached hydrogens (tertiary/aromatic N) is 1. The molecule has 2 heterocycles. The molecule has 3 rings (SSSR count). The van der Waals surface area contributed by atoms with E-state index >= 15 is 0 Å². The van der Waals surface area contributed by atoms with Crippen molar-refractivity contribution in [3.8, 4) is 0 Å². The van der Waals surface area contributed by atoms with Gasteiger partial charge in [-0.15, -0.1) is 12.4 Å². The lowest BCUT2D eigenvalue weighted by Crippen LogP contribution is -2.45. The Balaban J connectivity index is 0.00000192. The van der Waals surface area contributed by atoms with E-state index in [0.29, 0.717) is 39.1 Å². The van der Waals surface area contributed by atoms with E-state index in [-0.39, 0.29) is 30.3 Å². The lowest BCUT2D eigenvalue weighted by atomic mass is 10.2. The van der Waals surface area contributed by atoms with Crippen LogP contribution in [0.4, 0.5) is 5.69 Å². The number of anilines is 1. The third-order valence-corrected chi connectivity index (χ3v) is 4.01. The van der Waals surface area contributed by atoms with E-state index in [4.69, 9.17) is 4.74 Å². The largest absolute Gasteiger partial charge is 0.378 e. The van der Waals surface area contributed by atoms with Crippen molar-refractivity contribution in [3.05, 3.63) is 29.8 Å². The zero-order valence-corrected chi connectivity index (χ0v) is 13.7. The average molecular weight is 340 g/mol. The Morgan fingerprint density at radius 1 is 1.39 bits per heavy atom. The molecule has 1 atom stereocenters. The number of hydrogen-bond donors (Lipinski definition) is 2. The van der Waals surface area contributed by atoms with Crippen molar-refractivity contribution in [3.63, 3.8) is 0 Å². The molecule has 1 aromatic rings. The molecular formula is C16H22ClN3O3. The smallest absolute Gasteiger partial charge is 0.231 e. The highest BCUT2D eigenvalue weighted by atomic mass is 35.5. The molecule has 0 spiro atoms. The summed E-state index contributed by atoms with van der Waals surface area (Å²) in [4.78, 5) is 25.7. The van der Waals surface area contributed by atoms with Crippen molar-refractivity contribution in [1.29, 1.82) is 0 Å². The van der Waals surface area contributed by atoms with E-state index < -0.39 is 0 Å². The molecule has 0 radical (unpaired) electrons. The summed E-state index contributed by atoms with van der Waals surface area (Å²) in [6.07, 6.45) is 0.859. The highest BCUT2D eigenvalue weighted by molar-refractivity contribution is 6.01. The summed E-state index contributed by atoms with van der Waals surface area (Å²) in [6.45, 7) is 3.04. The number of carbonyl (C=O) groups excluding carboxylic acids is 2. The van der Waals surface area contributed by atoms with Gasteiger partial charge in [0.15, 0.2) is 0 Å². The highest BCUT2D eigenvalue weighted by Crippen LogP contribution is 2.27. The lowest BCUT2D eigenvalue weighted by Gasteiger charge is -2.23. The monoisotopic (exact) mass is 339 g/mol. The number of para-hydroxylation sites is 1. The number of amides is 2. The summed E-state index contributed by atoms with van der Waals surface area (Å²) < 4.78 is 5.33. The summed E-state index contributed by atoms with van der Waals surface area (Å²) in [5.74, 6) is 0.0840.